The summed E-state index contributed by atoms with van der Waals surface area (Å²) in [6.45, 7) is 13.5. The van der Waals surface area contributed by atoms with Gasteiger partial charge in [-0.15, -0.1) is 0 Å². The average molecular weight is 379 g/mol. The molecule has 0 fully saturated rings. The van der Waals surface area contributed by atoms with Gasteiger partial charge in [0, 0.05) is 45.5 Å². The molecule has 0 radical (unpaired) electrons. The summed E-state index contributed by atoms with van der Waals surface area (Å²) in [6, 6.07) is 2.30. The summed E-state index contributed by atoms with van der Waals surface area (Å²) in [5.74, 6) is 0. The summed E-state index contributed by atoms with van der Waals surface area (Å²) < 4.78 is 23.0. The van der Waals surface area contributed by atoms with Crippen LogP contribution in [0.3, 0.4) is 0 Å². The Hall–Kier alpha value is 0.274. The zero-order chi connectivity index (χ0) is 18.0. The number of hydrogen-bond donors (Lipinski definition) is 0. The fourth-order valence-electron chi connectivity index (χ4n) is 3.03. The van der Waals surface area contributed by atoms with Crippen molar-refractivity contribution in [2.75, 3.05) is 26.4 Å². The zero-order valence-electron chi connectivity index (χ0n) is 16.9. The molecule has 0 heterocycles. The molecule has 0 saturated carbocycles. The largest absolute Gasteiger partial charge is 0.353 e. The second-order valence-electron chi connectivity index (χ2n) is 6.20. The molecule has 6 heteroatoms. The minimum atomic E-state index is -0.161. The lowest BCUT2D eigenvalue weighted by atomic mass is 10.2. The van der Waals surface area contributed by atoms with Gasteiger partial charge in [0.15, 0.2) is 12.6 Å². The van der Waals surface area contributed by atoms with E-state index in [9.17, 15) is 0 Å². The van der Waals surface area contributed by atoms with Gasteiger partial charge in [-0.3, -0.25) is 0 Å². The van der Waals surface area contributed by atoms with Crippen LogP contribution in [0.25, 0.3) is 0 Å². The number of ether oxygens (including phenoxy) is 4. The third-order valence-electron chi connectivity index (χ3n) is 4.25. The molecule has 0 aliphatic rings. The molecule has 0 aromatic carbocycles. The first-order chi connectivity index (χ1) is 11.7. The lowest BCUT2D eigenvalue weighted by Gasteiger charge is -2.23. The maximum absolute atomic E-state index is 5.74. The summed E-state index contributed by atoms with van der Waals surface area (Å²) >= 11 is 0. The number of rotatable bonds is 18. The van der Waals surface area contributed by atoms with Crippen LogP contribution in [0.5, 0.6) is 0 Å². The topological polar surface area (TPSA) is 36.9 Å². The highest BCUT2D eigenvalue weighted by Gasteiger charge is 2.18. The van der Waals surface area contributed by atoms with Crippen LogP contribution in [0, 0.1) is 0 Å². The van der Waals surface area contributed by atoms with Crippen LogP contribution in [-0.2, 0) is 18.9 Å². The monoisotopic (exact) mass is 378 g/mol. The summed E-state index contributed by atoms with van der Waals surface area (Å²) in [4.78, 5) is 0. The Morgan fingerprint density at radius 1 is 0.625 bits per heavy atom. The Balaban J connectivity index is 4.37. The van der Waals surface area contributed by atoms with Crippen LogP contribution in [0.2, 0.25) is 17.3 Å². The van der Waals surface area contributed by atoms with Crippen LogP contribution in [0.1, 0.15) is 60.3 Å². The second kappa shape index (κ2) is 18.1. The van der Waals surface area contributed by atoms with E-state index in [4.69, 9.17) is 18.9 Å². The van der Waals surface area contributed by atoms with Gasteiger partial charge >= 0.3 is 0 Å². The summed E-state index contributed by atoms with van der Waals surface area (Å²) in [5, 5.41) is 0.975. The van der Waals surface area contributed by atoms with Crippen molar-refractivity contribution in [2.45, 2.75) is 90.1 Å². The molecule has 0 aromatic rings. The minimum absolute atomic E-state index is 0.0314. The van der Waals surface area contributed by atoms with Crippen molar-refractivity contribution >= 4 is 19.0 Å². The van der Waals surface area contributed by atoms with Crippen LogP contribution in [0.4, 0.5) is 0 Å². The molecule has 0 rings (SSSR count). The van der Waals surface area contributed by atoms with Gasteiger partial charge < -0.3 is 18.9 Å². The van der Waals surface area contributed by atoms with Crippen molar-refractivity contribution in [3.8, 4) is 0 Å². The molecule has 0 saturated heterocycles. The van der Waals surface area contributed by atoms with Gasteiger partial charge in [-0.1, -0.05) is 37.8 Å². The highest BCUT2D eigenvalue weighted by molar-refractivity contribution is 6.59. The Labute approximate surface area is 155 Å². The van der Waals surface area contributed by atoms with Crippen LogP contribution in [-0.4, -0.2) is 58.0 Å². The summed E-state index contributed by atoms with van der Waals surface area (Å²) in [6.07, 6.45) is 5.51. The molecule has 146 valence electrons. The average Bonchev–Trinajstić information content (AvgIpc) is 2.57. The fraction of sp³-hybridized carbons (Fsp3) is 1.00. The molecule has 0 spiro atoms. The van der Waals surface area contributed by atoms with Crippen LogP contribution >= 0.6 is 0 Å². The molecule has 4 nitrogen and oxygen atoms in total. The predicted molar refractivity (Wildman–Crippen MR) is 109 cm³/mol. The highest BCUT2D eigenvalue weighted by Crippen LogP contribution is 2.19. The first-order valence-electron chi connectivity index (χ1n) is 10.2. The van der Waals surface area contributed by atoms with Crippen molar-refractivity contribution < 1.29 is 18.9 Å². The van der Waals surface area contributed by atoms with E-state index in [0.29, 0.717) is 0 Å². The van der Waals surface area contributed by atoms with E-state index in [1.807, 2.05) is 0 Å². The van der Waals surface area contributed by atoms with Crippen molar-refractivity contribution in [3.05, 3.63) is 0 Å². The zero-order valence-corrected chi connectivity index (χ0v) is 19.7. The standard InChI is InChI=1S/C18H42O4Si2/c1-6-11-12-13-18(23-14-16(19-7-2)20-8-3)24-15-17(21-9-4)22-10-5/h16-18H,6-15,23-24H2,1-5H3. The molecular weight excluding hydrogens is 336 g/mol. The van der Waals surface area contributed by atoms with Gasteiger partial charge in [-0.25, -0.2) is 0 Å². The van der Waals surface area contributed by atoms with Gasteiger partial charge in [-0.05, 0) is 39.8 Å². The first-order valence-corrected chi connectivity index (χ1v) is 13.8. The Bertz CT molecular complexity index is 225. The van der Waals surface area contributed by atoms with Gasteiger partial charge in [-0.2, -0.15) is 0 Å². The molecule has 0 aromatic heterocycles. The SMILES string of the molecule is CCCCCC([SiH2]CC(OCC)OCC)[SiH2]CC(OCC)OCC. The molecule has 24 heavy (non-hydrogen) atoms. The Kier molecular flexibility index (Phi) is 18.3. The van der Waals surface area contributed by atoms with E-state index < -0.39 is 0 Å². The third kappa shape index (κ3) is 13.6. The van der Waals surface area contributed by atoms with E-state index in [2.05, 4.69) is 34.6 Å². The fourth-order valence-corrected chi connectivity index (χ4v) is 8.91. The smallest absolute Gasteiger partial charge is 0.154 e. The molecule has 0 N–H and O–H groups in total. The lowest BCUT2D eigenvalue weighted by Crippen LogP contribution is -2.25. The second-order valence-corrected chi connectivity index (χ2v) is 12.0. The number of hydrogen-bond acceptors (Lipinski definition) is 4. The molecule has 0 amide bonds. The maximum atomic E-state index is 5.74. The van der Waals surface area contributed by atoms with Crippen molar-refractivity contribution in [2.24, 2.45) is 0 Å². The molecule has 0 aliphatic carbocycles. The van der Waals surface area contributed by atoms with Crippen LogP contribution < -0.4 is 0 Å². The van der Waals surface area contributed by atoms with Gasteiger partial charge in [0.25, 0.3) is 0 Å². The highest BCUT2D eigenvalue weighted by atomic mass is 28.3. The van der Waals surface area contributed by atoms with Gasteiger partial charge in [0.1, 0.15) is 0 Å². The Morgan fingerprint density at radius 3 is 1.38 bits per heavy atom. The molecular formula is C18H42O4Si2. The summed E-state index contributed by atoms with van der Waals surface area (Å²) in [5.41, 5.74) is 0. The molecule has 0 bridgehead atoms. The van der Waals surface area contributed by atoms with Crippen molar-refractivity contribution in [1.82, 2.24) is 0 Å². The Morgan fingerprint density at radius 2 is 1.04 bits per heavy atom. The van der Waals surface area contributed by atoms with E-state index >= 15 is 0 Å². The normalized spacial score (nSPS) is 14.1. The number of unbranched alkanes of at least 4 members (excludes halogenated alkanes) is 2. The van der Waals surface area contributed by atoms with E-state index in [-0.39, 0.29) is 31.6 Å². The lowest BCUT2D eigenvalue weighted by molar-refractivity contribution is -0.123. The molecule has 0 unspecified atom stereocenters. The molecule has 0 aliphatic heterocycles. The first kappa shape index (κ1) is 24.3. The van der Waals surface area contributed by atoms with E-state index in [0.717, 1.165) is 43.7 Å². The van der Waals surface area contributed by atoms with Gasteiger partial charge in [0.05, 0.1) is 0 Å². The summed E-state index contributed by atoms with van der Waals surface area (Å²) in [7, 11) is -0.322. The third-order valence-corrected chi connectivity index (χ3v) is 10.8. The van der Waals surface area contributed by atoms with Crippen molar-refractivity contribution in [1.29, 1.82) is 0 Å². The quantitative estimate of drug-likeness (QED) is 0.208. The van der Waals surface area contributed by atoms with Crippen molar-refractivity contribution in [3.63, 3.8) is 0 Å². The predicted octanol–water partition coefficient (Wildman–Crippen LogP) is 3.29. The van der Waals surface area contributed by atoms with E-state index in [1.54, 1.807) is 0 Å². The maximum Gasteiger partial charge on any atom is 0.154 e. The van der Waals surface area contributed by atoms with E-state index in [1.165, 1.54) is 25.7 Å². The van der Waals surface area contributed by atoms with Crippen LogP contribution in [0.15, 0.2) is 0 Å². The molecule has 0 atom stereocenters. The minimum Gasteiger partial charge on any atom is -0.353 e. The van der Waals surface area contributed by atoms with Gasteiger partial charge in [0.2, 0.25) is 0 Å².